The fourth-order valence-corrected chi connectivity index (χ4v) is 3.35. The van der Waals surface area contributed by atoms with Crippen LogP contribution in [0.15, 0.2) is 21.2 Å². The Kier molecular flexibility index (Phi) is 5.36. The summed E-state index contributed by atoms with van der Waals surface area (Å²) in [5.74, 6) is 1.56. The van der Waals surface area contributed by atoms with Crippen molar-refractivity contribution in [1.29, 1.82) is 0 Å². The average molecular weight is 512 g/mol. The predicted octanol–water partition coefficient (Wildman–Crippen LogP) is 4.45. The van der Waals surface area contributed by atoms with Gasteiger partial charge in [-0.3, -0.25) is 4.98 Å². The van der Waals surface area contributed by atoms with E-state index in [0.29, 0.717) is 23.3 Å². The van der Waals surface area contributed by atoms with Crippen LogP contribution >= 0.6 is 54.5 Å². The van der Waals surface area contributed by atoms with E-state index in [1.54, 1.807) is 6.20 Å². The lowest BCUT2D eigenvalue weighted by molar-refractivity contribution is 0.632. The number of hydrogen-bond acceptors (Lipinski definition) is 4. The van der Waals surface area contributed by atoms with Crippen molar-refractivity contribution in [2.24, 2.45) is 5.92 Å². The molecule has 0 atom stereocenters. The zero-order valence-corrected chi connectivity index (χ0v) is 16.3. The topological polar surface area (TPSA) is 64.7 Å². The third kappa shape index (κ3) is 3.67. The molecule has 0 saturated heterocycles. The molecule has 2 aromatic heterocycles. The molecule has 0 aromatic carbocycles. The summed E-state index contributed by atoms with van der Waals surface area (Å²) >= 11 is 9.07. The Labute approximate surface area is 148 Å². The first-order valence-electron chi connectivity index (χ1n) is 6.01. The lowest BCUT2D eigenvalue weighted by Crippen LogP contribution is -2.08. The molecule has 2 N–H and O–H groups in total. The lowest BCUT2D eigenvalue weighted by atomic mass is 10.1. The van der Waals surface area contributed by atoms with Crippen molar-refractivity contribution in [3.8, 4) is 11.5 Å². The number of nitrogens with zero attached hydrogens (tertiary/aromatic N) is 3. The van der Waals surface area contributed by atoms with Crippen molar-refractivity contribution in [3.63, 3.8) is 0 Å². The van der Waals surface area contributed by atoms with Gasteiger partial charge in [0.05, 0.1) is 9.26 Å². The predicted molar refractivity (Wildman–Crippen MR) is 96.3 cm³/mol. The van der Waals surface area contributed by atoms with E-state index in [2.05, 4.69) is 83.3 Å². The highest BCUT2D eigenvalue weighted by atomic mass is 127. The van der Waals surface area contributed by atoms with Crippen LogP contribution in [-0.4, -0.2) is 15.0 Å². The molecule has 0 bridgehead atoms. The minimum absolute atomic E-state index is 0.503. The number of aromatic nitrogens is 3. The van der Waals surface area contributed by atoms with Gasteiger partial charge in [-0.25, -0.2) is 9.97 Å². The molecule has 0 spiro atoms. The van der Waals surface area contributed by atoms with Crippen LogP contribution in [0.1, 0.15) is 19.5 Å². The van der Waals surface area contributed by atoms with Gasteiger partial charge in [-0.05, 0) is 72.9 Å². The molecule has 2 rings (SSSR count). The molecule has 0 unspecified atom stereocenters. The lowest BCUT2D eigenvalue weighted by Gasteiger charge is -2.11. The molecule has 20 heavy (non-hydrogen) atoms. The zero-order valence-electron chi connectivity index (χ0n) is 11.0. The summed E-state index contributed by atoms with van der Waals surface area (Å²) in [5, 5.41) is 0. The molecular formula is C13H13Br2IN4. The molecular weight excluding hydrogens is 499 g/mol. The SMILES string of the molecule is CC(C)Cc1nc(-c2ncc(Br)cc2Br)nc(N)c1I. The van der Waals surface area contributed by atoms with Gasteiger partial charge in [0.25, 0.3) is 0 Å². The Balaban J connectivity index is 2.54. The highest BCUT2D eigenvalue weighted by molar-refractivity contribution is 14.1. The fraction of sp³-hybridized carbons (Fsp3) is 0.308. The van der Waals surface area contributed by atoms with Crippen molar-refractivity contribution in [1.82, 2.24) is 15.0 Å². The monoisotopic (exact) mass is 510 g/mol. The molecule has 0 aliphatic carbocycles. The van der Waals surface area contributed by atoms with Crippen molar-refractivity contribution >= 4 is 60.3 Å². The minimum atomic E-state index is 0.503. The molecule has 7 heteroatoms. The highest BCUT2D eigenvalue weighted by Crippen LogP contribution is 2.29. The normalized spacial score (nSPS) is 11.1. The number of nitrogen functional groups attached to an aromatic ring is 1. The van der Waals surface area contributed by atoms with E-state index in [-0.39, 0.29) is 0 Å². The number of rotatable bonds is 3. The van der Waals surface area contributed by atoms with E-state index in [1.165, 1.54) is 0 Å². The van der Waals surface area contributed by atoms with Gasteiger partial charge in [0.15, 0.2) is 5.82 Å². The smallest absolute Gasteiger partial charge is 0.181 e. The number of pyridine rings is 1. The van der Waals surface area contributed by atoms with Gasteiger partial charge in [0, 0.05) is 15.1 Å². The van der Waals surface area contributed by atoms with E-state index in [4.69, 9.17) is 5.73 Å². The zero-order chi connectivity index (χ0) is 14.9. The molecule has 0 aliphatic heterocycles. The molecule has 0 fully saturated rings. The summed E-state index contributed by atoms with van der Waals surface area (Å²) < 4.78 is 2.66. The molecule has 4 nitrogen and oxygen atoms in total. The van der Waals surface area contributed by atoms with Crippen LogP contribution in [0.2, 0.25) is 0 Å². The summed E-state index contributed by atoms with van der Waals surface area (Å²) in [7, 11) is 0. The highest BCUT2D eigenvalue weighted by Gasteiger charge is 2.15. The van der Waals surface area contributed by atoms with E-state index in [0.717, 1.165) is 24.6 Å². The van der Waals surface area contributed by atoms with Crippen molar-refractivity contribution in [2.75, 3.05) is 5.73 Å². The van der Waals surface area contributed by atoms with Crippen LogP contribution in [0.25, 0.3) is 11.5 Å². The maximum absolute atomic E-state index is 6.00. The van der Waals surface area contributed by atoms with Gasteiger partial charge in [0.1, 0.15) is 11.5 Å². The molecule has 0 aliphatic rings. The summed E-state index contributed by atoms with van der Waals surface area (Å²) in [6.45, 7) is 4.31. The summed E-state index contributed by atoms with van der Waals surface area (Å²) in [6, 6.07) is 1.92. The van der Waals surface area contributed by atoms with E-state index in [9.17, 15) is 0 Å². The Hall–Kier alpha value is -0.280. The molecule has 0 amide bonds. The Morgan fingerprint density at radius 2 is 2.00 bits per heavy atom. The summed E-state index contributed by atoms with van der Waals surface area (Å²) in [4.78, 5) is 13.3. The molecule has 2 aromatic rings. The second kappa shape index (κ2) is 6.65. The first-order valence-corrected chi connectivity index (χ1v) is 8.68. The van der Waals surface area contributed by atoms with E-state index in [1.807, 2.05) is 6.07 Å². The summed E-state index contributed by atoms with van der Waals surface area (Å²) in [6.07, 6.45) is 2.59. The first-order chi connectivity index (χ1) is 9.38. The van der Waals surface area contributed by atoms with Gasteiger partial charge < -0.3 is 5.73 Å². The van der Waals surface area contributed by atoms with Crippen LogP contribution < -0.4 is 5.73 Å². The van der Waals surface area contributed by atoms with Crippen LogP contribution in [0.5, 0.6) is 0 Å². The third-order valence-electron chi connectivity index (χ3n) is 2.57. The Morgan fingerprint density at radius 3 is 2.60 bits per heavy atom. The number of nitrogens with two attached hydrogens (primary N) is 1. The summed E-state index contributed by atoms with van der Waals surface area (Å²) in [5.41, 5.74) is 7.67. The second-order valence-corrected chi connectivity index (χ2v) is 7.62. The van der Waals surface area contributed by atoms with Gasteiger partial charge >= 0.3 is 0 Å². The van der Waals surface area contributed by atoms with Gasteiger partial charge in [0.2, 0.25) is 0 Å². The molecule has 106 valence electrons. The quantitative estimate of drug-likeness (QED) is 0.618. The minimum Gasteiger partial charge on any atom is -0.383 e. The van der Waals surface area contributed by atoms with Crippen LogP contribution in [-0.2, 0) is 6.42 Å². The van der Waals surface area contributed by atoms with Gasteiger partial charge in [-0.15, -0.1) is 0 Å². The maximum atomic E-state index is 6.00. The van der Waals surface area contributed by atoms with E-state index < -0.39 is 0 Å². The standard InChI is InChI=1S/C13H13Br2IN4/c1-6(2)3-9-10(16)12(17)20-13(19-9)11-8(15)4-7(14)5-18-11/h4-6H,3H2,1-2H3,(H2,17,19,20). The van der Waals surface area contributed by atoms with E-state index >= 15 is 0 Å². The third-order valence-corrected chi connectivity index (χ3v) is 4.78. The van der Waals surface area contributed by atoms with Crippen LogP contribution in [0.4, 0.5) is 5.82 Å². The fourth-order valence-electron chi connectivity index (χ4n) is 1.72. The maximum Gasteiger partial charge on any atom is 0.181 e. The van der Waals surface area contributed by atoms with Gasteiger partial charge in [-0.2, -0.15) is 0 Å². The number of hydrogen-bond donors (Lipinski definition) is 1. The first kappa shape index (κ1) is 16.1. The van der Waals surface area contributed by atoms with Crippen molar-refractivity contribution in [3.05, 3.63) is 30.5 Å². The van der Waals surface area contributed by atoms with Crippen molar-refractivity contribution < 1.29 is 0 Å². The Morgan fingerprint density at radius 1 is 1.30 bits per heavy atom. The molecule has 0 radical (unpaired) electrons. The number of anilines is 1. The number of halogens is 3. The largest absolute Gasteiger partial charge is 0.383 e. The molecule has 0 saturated carbocycles. The second-order valence-electron chi connectivity index (χ2n) is 4.78. The Bertz CT molecular complexity index is 647. The van der Waals surface area contributed by atoms with Crippen molar-refractivity contribution in [2.45, 2.75) is 20.3 Å². The average Bonchev–Trinajstić information content (AvgIpc) is 2.34. The van der Waals surface area contributed by atoms with Crippen LogP contribution in [0, 0.1) is 9.49 Å². The van der Waals surface area contributed by atoms with Gasteiger partial charge in [-0.1, -0.05) is 13.8 Å². The molecule has 2 heterocycles. The van der Waals surface area contributed by atoms with Crippen LogP contribution in [0.3, 0.4) is 0 Å².